The summed E-state index contributed by atoms with van der Waals surface area (Å²) in [6, 6.07) is 17.5. The van der Waals surface area contributed by atoms with Gasteiger partial charge in [-0.05, 0) is 36.6 Å². The second-order valence-corrected chi connectivity index (χ2v) is 6.85. The molecule has 0 bridgehead atoms. The van der Waals surface area contributed by atoms with Gasteiger partial charge in [0.15, 0.2) is 0 Å². The second kappa shape index (κ2) is 7.72. The molecule has 4 rings (SSSR count). The molecule has 0 saturated carbocycles. The van der Waals surface area contributed by atoms with Crippen LogP contribution in [-0.4, -0.2) is 41.1 Å². The van der Waals surface area contributed by atoms with Gasteiger partial charge in [-0.1, -0.05) is 47.6 Å². The molecule has 0 spiro atoms. The molecule has 1 fully saturated rings. The first-order valence-electron chi connectivity index (χ1n) is 9.15. The summed E-state index contributed by atoms with van der Waals surface area (Å²) in [5, 5.41) is 7.37. The highest BCUT2D eigenvalue weighted by Gasteiger charge is 2.20. The van der Waals surface area contributed by atoms with E-state index in [4.69, 9.17) is 4.52 Å². The van der Waals surface area contributed by atoms with Crippen LogP contribution in [0, 0.1) is 0 Å². The third-order valence-corrected chi connectivity index (χ3v) is 4.88. The minimum atomic E-state index is -0.0535. The number of carbonyl (C=O) groups excluding carboxylic acids is 1. The molecule has 1 N–H and O–H groups in total. The molecule has 1 unspecified atom stereocenters. The number of rotatable bonds is 5. The fourth-order valence-corrected chi connectivity index (χ4v) is 3.38. The summed E-state index contributed by atoms with van der Waals surface area (Å²) in [6.07, 6.45) is 1.11. The van der Waals surface area contributed by atoms with Crippen LogP contribution in [-0.2, 0) is 6.54 Å². The number of aromatic nitrogens is 2. The minimum absolute atomic E-state index is 0.0535. The monoisotopic (exact) mass is 362 g/mol. The lowest BCUT2D eigenvalue weighted by molar-refractivity contribution is 0.0769. The number of benzene rings is 2. The molecule has 138 valence electrons. The van der Waals surface area contributed by atoms with Gasteiger partial charge < -0.3 is 14.7 Å². The zero-order chi connectivity index (χ0) is 18.6. The summed E-state index contributed by atoms with van der Waals surface area (Å²) in [4.78, 5) is 18.8. The van der Waals surface area contributed by atoms with Crippen molar-refractivity contribution in [1.82, 2.24) is 20.4 Å². The highest BCUT2D eigenvalue weighted by Crippen LogP contribution is 2.23. The fraction of sp³-hybridized carbons (Fsp3) is 0.286. The maximum absolute atomic E-state index is 12.8. The normalized spacial score (nSPS) is 16.4. The van der Waals surface area contributed by atoms with Crippen molar-refractivity contribution in [2.24, 2.45) is 0 Å². The van der Waals surface area contributed by atoms with E-state index in [0.717, 1.165) is 25.1 Å². The molecule has 0 radical (unpaired) electrons. The summed E-state index contributed by atoms with van der Waals surface area (Å²) < 4.78 is 5.32. The van der Waals surface area contributed by atoms with Crippen LogP contribution in [0.15, 0.2) is 59.1 Å². The maximum Gasteiger partial charge on any atom is 0.254 e. The van der Waals surface area contributed by atoms with E-state index in [0.29, 0.717) is 23.2 Å². The number of nitrogens with one attached hydrogen (secondary N) is 1. The Kier molecular flexibility index (Phi) is 4.98. The van der Waals surface area contributed by atoms with E-state index in [2.05, 4.69) is 21.5 Å². The minimum Gasteiger partial charge on any atom is -0.337 e. The summed E-state index contributed by atoms with van der Waals surface area (Å²) in [5.41, 5.74) is 2.78. The van der Waals surface area contributed by atoms with Crippen molar-refractivity contribution >= 4 is 5.91 Å². The molecule has 1 aliphatic heterocycles. The Morgan fingerprint density at radius 2 is 2.07 bits per heavy atom. The van der Waals surface area contributed by atoms with Gasteiger partial charge in [0.1, 0.15) is 0 Å². The molecular formula is C21H22N4O2. The van der Waals surface area contributed by atoms with Crippen LogP contribution in [0.2, 0.25) is 0 Å². The third kappa shape index (κ3) is 3.90. The summed E-state index contributed by atoms with van der Waals surface area (Å²) in [7, 11) is 1.75. The van der Waals surface area contributed by atoms with Crippen molar-refractivity contribution in [3.8, 4) is 11.4 Å². The lowest BCUT2D eigenvalue weighted by Gasteiger charge is -2.16. The molecule has 2 heterocycles. The van der Waals surface area contributed by atoms with Gasteiger partial charge in [0, 0.05) is 24.7 Å². The average molecular weight is 362 g/mol. The van der Waals surface area contributed by atoms with Crippen LogP contribution < -0.4 is 5.32 Å². The number of carbonyl (C=O) groups is 1. The predicted molar refractivity (Wildman–Crippen MR) is 102 cm³/mol. The zero-order valence-corrected chi connectivity index (χ0v) is 15.3. The SMILES string of the molecule is CN(Cc1nc(-c2ccccc2)no1)C(=O)c1cccc(C2CCNC2)c1. The van der Waals surface area contributed by atoms with E-state index >= 15 is 0 Å². The van der Waals surface area contributed by atoms with Crippen molar-refractivity contribution < 1.29 is 9.32 Å². The molecule has 1 aliphatic rings. The second-order valence-electron chi connectivity index (χ2n) is 6.85. The smallest absolute Gasteiger partial charge is 0.254 e. The van der Waals surface area contributed by atoms with E-state index in [1.165, 1.54) is 5.56 Å². The van der Waals surface area contributed by atoms with Gasteiger partial charge in [0.25, 0.3) is 5.91 Å². The molecule has 1 amide bonds. The van der Waals surface area contributed by atoms with Gasteiger partial charge in [-0.2, -0.15) is 4.98 Å². The maximum atomic E-state index is 12.8. The van der Waals surface area contributed by atoms with Gasteiger partial charge in [0.05, 0.1) is 6.54 Å². The first kappa shape index (κ1) is 17.4. The van der Waals surface area contributed by atoms with Gasteiger partial charge in [-0.3, -0.25) is 4.79 Å². The number of hydrogen-bond donors (Lipinski definition) is 1. The molecule has 0 aliphatic carbocycles. The number of hydrogen-bond acceptors (Lipinski definition) is 5. The van der Waals surface area contributed by atoms with Gasteiger partial charge in [-0.25, -0.2) is 0 Å². The highest BCUT2D eigenvalue weighted by molar-refractivity contribution is 5.94. The lowest BCUT2D eigenvalue weighted by Crippen LogP contribution is -2.26. The predicted octanol–water partition coefficient (Wildman–Crippen LogP) is 3.09. The Labute approximate surface area is 158 Å². The standard InChI is InChI=1S/C21H22N4O2/c1-25(14-19-23-20(24-27-19)15-6-3-2-4-7-15)21(26)17-9-5-8-16(12-17)18-10-11-22-13-18/h2-9,12,18,22H,10-11,13-14H2,1H3. The van der Waals surface area contributed by atoms with Crippen LogP contribution >= 0.6 is 0 Å². The molecular weight excluding hydrogens is 340 g/mol. The van der Waals surface area contributed by atoms with Gasteiger partial charge in [-0.15, -0.1) is 0 Å². The van der Waals surface area contributed by atoms with Crippen molar-refractivity contribution in [2.45, 2.75) is 18.9 Å². The Morgan fingerprint density at radius 3 is 2.85 bits per heavy atom. The van der Waals surface area contributed by atoms with Crippen LogP contribution in [0.25, 0.3) is 11.4 Å². The van der Waals surface area contributed by atoms with Crippen LogP contribution in [0.5, 0.6) is 0 Å². The lowest BCUT2D eigenvalue weighted by atomic mass is 9.96. The van der Waals surface area contributed by atoms with E-state index in [1.54, 1.807) is 11.9 Å². The summed E-state index contributed by atoms with van der Waals surface area (Å²) >= 11 is 0. The molecule has 6 nitrogen and oxygen atoms in total. The quantitative estimate of drug-likeness (QED) is 0.755. The van der Waals surface area contributed by atoms with E-state index < -0.39 is 0 Å². The molecule has 6 heteroatoms. The number of nitrogens with zero attached hydrogens (tertiary/aromatic N) is 3. The van der Waals surface area contributed by atoms with E-state index in [-0.39, 0.29) is 12.5 Å². The van der Waals surface area contributed by atoms with Gasteiger partial charge in [0.2, 0.25) is 11.7 Å². The fourth-order valence-electron chi connectivity index (χ4n) is 3.38. The topological polar surface area (TPSA) is 71.3 Å². The van der Waals surface area contributed by atoms with Crippen molar-refractivity contribution in [3.05, 3.63) is 71.6 Å². The molecule has 27 heavy (non-hydrogen) atoms. The summed E-state index contributed by atoms with van der Waals surface area (Å²) in [5.74, 6) is 1.37. The van der Waals surface area contributed by atoms with Crippen molar-refractivity contribution in [3.63, 3.8) is 0 Å². The first-order valence-corrected chi connectivity index (χ1v) is 9.15. The molecule has 2 aromatic carbocycles. The molecule has 3 aromatic rings. The van der Waals surface area contributed by atoms with Crippen LogP contribution in [0.3, 0.4) is 0 Å². The van der Waals surface area contributed by atoms with Crippen molar-refractivity contribution in [2.75, 3.05) is 20.1 Å². The molecule has 1 aromatic heterocycles. The Morgan fingerprint density at radius 1 is 1.22 bits per heavy atom. The van der Waals surface area contributed by atoms with Crippen molar-refractivity contribution in [1.29, 1.82) is 0 Å². The zero-order valence-electron chi connectivity index (χ0n) is 15.3. The highest BCUT2D eigenvalue weighted by atomic mass is 16.5. The largest absolute Gasteiger partial charge is 0.337 e. The van der Waals surface area contributed by atoms with E-state index in [1.807, 2.05) is 48.5 Å². The Bertz CT molecular complexity index is 917. The molecule has 1 atom stereocenters. The summed E-state index contributed by atoms with van der Waals surface area (Å²) in [6.45, 7) is 2.27. The average Bonchev–Trinajstić information content (AvgIpc) is 3.40. The Hall–Kier alpha value is -2.99. The third-order valence-electron chi connectivity index (χ3n) is 4.88. The van der Waals surface area contributed by atoms with Crippen LogP contribution in [0.1, 0.15) is 34.2 Å². The van der Waals surface area contributed by atoms with Crippen LogP contribution in [0.4, 0.5) is 0 Å². The molecule has 1 saturated heterocycles. The van der Waals surface area contributed by atoms with E-state index in [9.17, 15) is 4.79 Å². The first-order chi connectivity index (χ1) is 13.2. The van der Waals surface area contributed by atoms with Gasteiger partial charge >= 0.3 is 0 Å². The number of amides is 1. The Balaban J connectivity index is 1.45.